The van der Waals surface area contributed by atoms with E-state index in [1.54, 1.807) is 11.1 Å². The van der Waals surface area contributed by atoms with Crippen molar-refractivity contribution in [3.63, 3.8) is 0 Å². The van der Waals surface area contributed by atoms with Crippen molar-refractivity contribution in [1.29, 1.82) is 0 Å². The van der Waals surface area contributed by atoms with Crippen molar-refractivity contribution < 1.29 is 9.59 Å². The van der Waals surface area contributed by atoms with E-state index in [0.717, 1.165) is 28.1 Å². The quantitative estimate of drug-likeness (QED) is 0.399. The van der Waals surface area contributed by atoms with Crippen molar-refractivity contribution in [1.82, 2.24) is 10.3 Å². The molecule has 166 valence electrons. The van der Waals surface area contributed by atoms with Crippen LogP contribution in [0.15, 0.2) is 90.4 Å². The number of nitrogens with zero attached hydrogens (tertiary/aromatic N) is 2. The highest BCUT2D eigenvalue weighted by Gasteiger charge is 2.19. The van der Waals surface area contributed by atoms with Gasteiger partial charge in [-0.3, -0.25) is 14.6 Å². The summed E-state index contributed by atoms with van der Waals surface area (Å²) in [5.74, 6) is -0.105. The molecule has 0 radical (unpaired) electrons. The Morgan fingerprint density at radius 3 is 2.48 bits per heavy atom. The highest BCUT2D eigenvalue weighted by molar-refractivity contribution is 7.12. The first-order valence-electron chi connectivity index (χ1n) is 10.7. The molecule has 4 rings (SSSR count). The molecule has 0 saturated carbocycles. The molecule has 0 atom stereocenters. The second kappa shape index (κ2) is 10.7. The van der Waals surface area contributed by atoms with Gasteiger partial charge < -0.3 is 10.2 Å². The summed E-state index contributed by atoms with van der Waals surface area (Å²) in [7, 11) is 0. The molecule has 2 aromatic carbocycles. The van der Waals surface area contributed by atoms with E-state index in [2.05, 4.69) is 16.4 Å². The number of carbonyl (C=O) groups is 2. The minimum atomic E-state index is -0.0697. The van der Waals surface area contributed by atoms with Crippen molar-refractivity contribution in [2.75, 3.05) is 4.90 Å². The molecule has 0 saturated heterocycles. The zero-order chi connectivity index (χ0) is 23.0. The van der Waals surface area contributed by atoms with Crippen LogP contribution in [0.2, 0.25) is 0 Å². The first-order chi connectivity index (χ1) is 16.1. The lowest BCUT2D eigenvalue weighted by atomic mass is 10.1. The van der Waals surface area contributed by atoms with Crippen LogP contribution in [0.5, 0.6) is 0 Å². The molecule has 2 aromatic heterocycles. The second-order valence-electron chi connectivity index (χ2n) is 7.80. The van der Waals surface area contributed by atoms with Gasteiger partial charge in [0.05, 0.1) is 30.1 Å². The summed E-state index contributed by atoms with van der Waals surface area (Å²) in [5, 5.41) is 4.80. The molecule has 1 N–H and O–H groups in total. The number of nitrogens with one attached hydrogen (secondary N) is 1. The maximum Gasteiger partial charge on any atom is 0.268 e. The van der Waals surface area contributed by atoms with Crippen LogP contribution in [0.4, 0.5) is 5.69 Å². The standard InChI is InChI=1S/C27H25N3O2S/c1-20-6-4-7-22(16-20)19-30(27(32)25-9-5-15-33-25)24-12-10-21(11-13-24)17-26(31)29-18-23-8-2-3-14-28-23/h2-16H,17-19H2,1H3,(H,29,31). The Bertz CT molecular complexity index is 1210. The van der Waals surface area contributed by atoms with Gasteiger partial charge in [-0.15, -0.1) is 11.3 Å². The number of aromatic nitrogens is 1. The Balaban J connectivity index is 1.46. The normalized spacial score (nSPS) is 10.6. The minimum Gasteiger partial charge on any atom is -0.350 e. The number of hydrogen-bond acceptors (Lipinski definition) is 4. The zero-order valence-electron chi connectivity index (χ0n) is 18.4. The van der Waals surface area contributed by atoms with E-state index < -0.39 is 0 Å². The summed E-state index contributed by atoms with van der Waals surface area (Å²) in [6.45, 7) is 2.92. The number of rotatable bonds is 8. The predicted octanol–water partition coefficient (Wildman–Crippen LogP) is 5.16. The lowest BCUT2D eigenvalue weighted by Crippen LogP contribution is -2.30. The molecule has 4 aromatic rings. The van der Waals surface area contributed by atoms with Gasteiger partial charge in [-0.25, -0.2) is 0 Å². The van der Waals surface area contributed by atoms with Gasteiger partial charge in [-0.2, -0.15) is 0 Å². The second-order valence-corrected chi connectivity index (χ2v) is 8.75. The highest BCUT2D eigenvalue weighted by atomic mass is 32.1. The van der Waals surface area contributed by atoms with Gasteiger partial charge in [0, 0.05) is 11.9 Å². The van der Waals surface area contributed by atoms with Crippen LogP contribution in [0.25, 0.3) is 0 Å². The maximum absolute atomic E-state index is 13.2. The SMILES string of the molecule is Cc1cccc(CN(C(=O)c2cccs2)c2ccc(CC(=O)NCc3ccccn3)cc2)c1. The summed E-state index contributed by atoms with van der Waals surface area (Å²) < 4.78 is 0. The van der Waals surface area contributed by atoms with E-state index >= 15 is 0 Å². The largest absolute Gasteiger partial charge is 0.350 e. The Hall–Kier alpha value is -3.77. The molecule has 2 heterocycles. The molecular formula is C27H25N3O2S. The van der Waals surface area contributed by atoms with Gasteiger partial charge in [0.2, 0.25) is 5.91 Å². The van der Waals surface area contributed by atoms with Crippen LogP contribution in [-0.2, 0) is 24.3 Å². The van der Waals surface area contributed by atoms with Crippen molar-refractivity contribution in [3.05, 3.63) is 118 Å². The van der Waals surface area contributed by atoms with Crippen molar-refractivity contribution in [2.24, 2.45) is 0 Å². The van der Waals surface area contributed by atoms with E-state index in [0.29, 0.717) is 18.0 Å². The summed E-state index contributed by atoms with van der Waals surface area (Å²) in [6.07, 6.45) is 1.98. The average molecular weight is 456 g/mol. The topological polar surface area (TPSA) is 62.3 Å². The molecule has 0 unspecified atom stereocenters. The van der Waals surface area contributed by atoms with Crippen LogP contribution in [-0.4, -0.2) is 16.8 Å². The van der Waals surface area contributed by atoms with Crippen LogP contribution in [0.1, 0.15) is 32.1 Å². The van der Waals surface area contributed by atoms with Crippen molar-refractivity contribution >= 4 is 28.8 Å². The number of amides is 2. The Labute approximate surface area is 197 Å². The number of pyridine rings is 1. The van der Waals surface area contributed by atoms with E-state index in [1.165, 1.54) is 11.3 Å². The number of benzene rings is 2. The number of aryl methyl sites for hydroxylation is 1. The average Bonchev–Trinajstić information content (AvgIpc) is 3.37. The maximum atomic E-state index is 13.2. The van der Waals surface area contributed by atoms with Crippen LogP contribution < -0.4 is 10.2 Å². The third-order valence-corrected chi connectivity index (χ3v) is 6.06. The molecule has 5 nitrogen and oxygen atoms in total. The van der Waals surface area contributed by atoms with Crippen LogP contribution >= 0.6 is 11.3 Å². The molecule has 6 heteroatoms. The summed E-state index contributed by atoms with van der Waals surface area (Å²) >= 11 is 1.43. The van der Waals surface area contributed by atoms with Crippen LogP contribution in [0, 0.1) is 6.92 Å². The smallest absolute Gasteiger partial charge is 0.268 e. The molecule has 0 fully saturated rings. The molecule has 0 spiro atoms. The minimum absolute atomic E-state index is 0.0349. The van der Waals surface area contributed by atoms with E-state index in [4.69, 9.17) is 0 Å². The molecular weight excluding hydrogens is 430 g/mol. The third-order valence-electron chi connectivity index (χ3n) is 5.21. The van der Waals surface area contributed by atoms with E-state index in [1.807, 2.05) is 85.1 Å². The molecule has 33 heavy (non-hydrogen) atoms. The van der Waals surface area contributed by atoms with E-state index in [9.17, 15) is 9.59 Å². The fourth-order valence-electron chi connectivity index (χ4n) is 3.54. The summed E-state index contributed by atoms with van der Waals surface area (Å²) in [5.41, 5.74) is 4.73. The number of carbonyl (C=O) groups excluding carboxylic acids is 2. The molecule has 0 aliphatic heterocycles. The Morgan fingerprint density at radius 2 is 1.79 bits per heavy atom. The van der Waals surface area contributed by atoms with Gasteiger partial charge in [0.1, 0.15) is 0 Å². The molecule has 0 aliphatic rings. The van der Waals surface area contributed by atoms with Crippen LogP contribution in [0.3, 0.4) is 0 Å². The van der Waals surface area contributed by atoms with Gasteiger partial charge in [0.15, 0.2) is 0 Å². The van der Waals surface area contributed by atoms with Gasteiger partial charge >= 0.3 is 0 Å². The van der Waals surface area contributed by atoms with Crippen molar-refractivity contribution in [2.45, 2.75) is 26.4 Å². The Kier molecular flexibility index (Phi) is 7.27. The fourth-order valence-corrected chi connectivity index (χ4v) is 4.21. The van der Waals surface area contributed by atoms with Gasteiger partial charge in [-0.05, 0) is 53.8 Å². The molecule has 0 aliphatic carbocycles. The summed E-state index contributed by atoms with van der Waals surface area (Å²) in [6, 6.07) is 25.1. The first kappa shape index (κ1) is 22.4. The first-order valence-corrected chi connectivity index (χ1v) is 11.6. The number of anilines is 1. The summed E-state index contributed by atoms with van der Waals surface area (Å²) in [4.78, 5) is 32.3. The number of hydrogen-bond donors (Lipinski definition) is 1. The lowest BCUT2D eigenvalue weighted by molar-refractivity contribution is -0.120. The zero-order valence-corrected chi connectivity index (χ0v) is 19.2. The molecule has 2 amide bonds. The monoisotopic (exact) mass is 455 g/mol. The highest BCUT2D eigenvalue weighted by Crippen LogP contribution is 2.23. The van der Waals surface area contributed by atoms with E-state index in [-0.39, 0.29) is 18.2 Å². The Morgan fingerprint density at radius 1 is 0.939 bits per heavy atom. The molecule has 0 bridgehead atoms. The number of thiophene rings is 1. The fraction of sp³-hybridized carbons (Fsp3) is 0.148. The van der Waals surface area contributed by atoms with Crippen molar-refractivity contribution in [3.8, 4) is 0 Å². The van der Waals surface area contributed by atoms with Gasteiger partial charge in [-0.1, -0.05) is 54.1 Å². The lowest BCUT2D eigenvalue weighted by Gasteiger charge is -2.23. The predicted molar refractivity (Wildman–Crippen MR) is 132 cm³/mol. The third kappa shape index (κ3) is 6.14. The van der Waals surface area contributed by atoms with Gasteiger partial charge in [0.25, 0.3) is 5.91 Å².